The first kappa shape index (κ1) is 24.5. The molecular formula is C28H31FN2O4. The van der Waals surface area contributed by atoms with Gasteiger partial charge in [-0.15, -0.1) is 0 Å². The van der Waals surface area contributed by atoms with Crippen LogP contribution in [0.15, 0.2) is 54.6 Å². The average molecular weight is 479 g/mol. The topological polar surface area (TPSA) is 71.0 Å². The number of nitrogens with zero attached hydrogens (tertiary/aromatic N) is 1. The third-order valence-electron chi connectivity index (χ3n) is 6.13. The number of carbonyl (C=O) groups is 1. The van der Waals surface area contributed by atoms with Gasteiger partial charge in [-0.1, -0.05) is 24.3 Å². The number of benzene rings is 3. The summed E-state index contributed by atoms with van der Waals surface area (Å²) in [4.78, 5) is 15.3. The average Bonchev–Trinajstić information content (AvgIpc) is 3.70. The van der Waals surface area contributed by atoms with Crippen LogP contribution < -0.4 is 19.7 Å². The highest BCUT2D eigenvalue weighted by Gasteiger charge is 2.24. The number of amides is 1. The molecule has 3 aromatic carbocycles. The van der Waals surface area contributed by atoms with Gasteiger partial charge in [-0.05, 0) is 65.8 Å². The van der Waals surface area contributed by atoms with Crippen LogP contribution >= 0.6 is 0 Å². The van der Waals surface area contributed by atoms with E-state index >= 15 is 0 Å². The fraction of sp³-hybridized carbons (Fsp3) is 0.321. The lowest BCUT2D eigenvalue weighted by atomic mass is 9.95. The Balaban J connectivity index is 1.66. The van der Waals surface area contributed by atoms with Crippen LogP contribution in [0, 0.1) is 11.7 Å². The van der Waals surface area contributed by atoms with Crippen LogP contribution in [0.3, 0.4) is 0 Å². The molecule has 0 heterocycles. The van der Waals surface area contributed by atoms with Gasteiger partial charge < -0.3 is 24.8 Å². The van der Waals surface area contributed by atoms with Crippen LogP contribution in [0.2, 0.25) is 0 Å². The highest BCUT2D eigenvalue weighted by atomic mass is 19.1. The molecule has 7 heteroatoms. The first-order valence-corrected chi connectivity index (χ1v) is 11.7. The Labute approximate surface area is 205 Å². The molecule has 1 aliphatic rings. The molecule has 6 nitrogen and oxygen atoms in total. The van der Waals surface area contributed by atoms with E-state index in [2.05, 4.69) is 5.32 Å². The van der Waals surface area contributed by atoms with Crippen LogP contribution in [-0.4, -0.2) is 38.8 Å². The molecule has 0 bridgehead atoms. The van der Waals surface area contributed by atoms with Crippen LogP contribution in [0.5, 0.6) is 11.5 Å². The fourth-order valence-corrected chi connectivity index (χ4v) is 4.00. The quantitative estimate of drug-likeness (QED) is 0.439. The number of carbonyl (C=O) groups excluding carboxylic acids is 1. The highest BCUT2D eigenvalue weighted by molar-refractivity contribution is 5.99. The molecule has 0 aliphatic heterocycles. The van der Waals surface area contributed by atoms with Gasteiger partial charge in [0, 0.05) is 31.9 Å². The molecule has 4 rings (SSSR count). The molecule has 0 aromatic heterocycles. The highest BCUT2D eigenvalue weighted by Crippen LogP contribution is 2.37. The largest absolute Gasteiger partial charge is 0.494 e. The lowest BCUT2D eigenvalue weighted by Gasteiger charge is -2.21. The third kappa shape index (κ3) is 5.74. The van der Waals surface area contributed by atoms with Gasteiger partial charge in [0.05, 0.1) is 25.9 Å². The SMILES string of the molecule is COc1ccc(CNC(=O)c2cc(-c3c(CO)cccc3N(C)C)ccc2OCC2CC2)cc1F. The maximum absolute atomic E-state index is 14.1. The molecule has 0 radical (unpaired) electrons. The van der Waals surface area contributed by atoms with Crippen LogP contribution in [0.1, 0.15) is 34.3 Å². The van der Waals surface area contributed by atoms with E-state index in [1.54, 1.807) is 12.1 Å². The minimum Gasteiger partial charge on any atom is -0.494 e. The normalized spacial score (nSPS) is 12.8. The molecule has 1 saturated carbocycles. The van der Waals surface area contributed by atoms with Gasteiger partial charge in [-0.25, -0.2) is 4.39 Å². The van der Waals surface area contributed by atoms with E-state index in [-0.39, 0.29) is 24.8 Å². The van der Waals surface area contributed by atoms with E-state index in [0.29, 0.717) is 29.4 Å². The number of aliphatic hydroxyl groups excluding tert-OH is 1. The molecule has 0 atom stereocenters. The number of halogens is 1. The molecule has 0 saturated heterocycles. The molecule has 1 aliphatic carbocycles. The number of aliphatic hydroxyl groups is 1. The maximum Gasteiger partial charge on any atom is 0.255 e. The molecule has 0 spiro atoms. The predicted molar refractivity (Wildman–Crippen MR) is 134 cm³/mol. The predicted octanol–water partition coefficient (Wildman–Crippen LogP) is 4.78. The number of methoxy groups -OCH3 is 1. The van der Waals surface area contributed by atoms with Gasteiger partial charge in [0.2, 0.25) is 0 Å². The second-order valence-corrected chi connectivity index (χ2v) is 8.98. The van der Waals surface area contributed by atoms with E-state index < -0.39 is 5.82 Å². The van der Waals surface area contributed by atoms with Crippen LogP contribution in [-0.2, 0) is 13.2 Å². The van der Waals surface area contributed by atoms with E-state index in [4.69, 9.17) is 9.47 Å². The van der Waals surface area contributed by atoms with Crippen molar-refractivity contribution in [3.05, 3.63) is 77.1 Å². The van der Waals surface area contributed by atoms with Gasteiger partial charge in [0.15, 0.2) is 11.6 Å². The lowest BCUT2D eigenvalue weighted by Crippen LogP contribution is -2.24. The molecule has 35 heavy (non-hydrogen) atoms. The van der Waals surface area contributed by atoms with Gasteiger partial charge in [0.25, 0.3) is 5.91 Å². The van der Waals surface area contributed by atoms with Gasteiger partial charge in [-0.2, -0.15) is 0 Å². The van der Waals surface area contributed by atoms with Crippen molar-refractivity contribution in [2.24, 2.45) is 5.92 Å². The molecule has 184 valence electrons. The van der Waals surface area contributed by atoms with Crippen molar-refractivity contribution in [1.82, 2.24) is 5.32 Å². The number of anilines is 1. The molecule has 2 N–H and O–H groups in total. The minimum absolute atomic E-state index is 0.124. The summed E-state index contributed by atoms with van der Waals surface area (Å²) in [6, 6.07) is 15.9. The molecule has 0 unspecified atom stereocenters. The first-order valence-electron chi connectivity index (χ1n) is 11.7. The molecule has 1 fully saturated rings. The van der Waals surface area contributed by atoms with Crippen molar-refractivity contribution in [2.45, 2.75) is 26.0 Å². The summed E-state index contributed by atoms with van der Waals surface area (Å²) in [5, 5.41) is 12.9. The second-order valence-electron chi connectivity index (χ2n) is 8.98. The molecular weight excluding hydrogens is 447 g/mol. The zero-order chi connectivity index (χ0) is 24.9. The summed E-state index contributed by atoms with van der Waals surface area (Å²) in [6.45, 7) is 0.600. The van der Waals surface area contributed by atoms with Gasteiger partial charge in [0.1, 0.15) is 5.75 Å². The van der Waals surface area contributed by atoms with E-state index in [1.165, 1.54) is 19.2 Å². The zero-order valence-corrected chi connectivity index (χ0v) is 20.3. The summed E-state index contributed by atoms with van der Waals surface area (Å²) >= 11 is 0. The van der Waals surface area contributed by atoms with Gasteiger partial charge in [-0.3, -0.25) is 4.79 Å². The van der Waals surface area contributed by atoms with Crippen molar-refractivity contribution in [3.8, 4) is 22.6 Å². The molecule has 3 aromatic rings. The Hall–Kier alpha value is -3.58. The smallest absolute Gasteiger partial charge is 0.255 e. The summed E-state index contributed by atoms with van der Waals surface area (Å²) in [7, 11) is 5.29. The summed E-state index contributed by atoms with van der Waals surface area (Å²) in [5.41, 5.74) is 4.38. The lowest BCUT2D eigenvalue weighted by molar-refractivity contribution is 0.0946. The first-order chi connectivity index (χ1) is 16.9. The van der Waals surface area contributed by atoms with E-state index in [1.807, 2.05) is 49.3 Å². The standard InChI is InChI=1S/C28H31FN2O4/c1-31(2)24-6-4-5-21(16-32)27(24)20-10-12-25(35-17-18-7-8-18)22(14-20)28(33)30-15-19-9-11-26(34-3)23(29)13-19/h4-6,9-14,18,32H,7-8,15-17H2,1-3H3,(H,30,33). The summed E-state index contributed by atoms with van der Waals surface area (Å²) < 4.78 is 25.1. The van der Waals surface area contributed by atoms with Crippen LogP contribution in [0.25, 0.3) is 11.1 Å². The zero-order valence-electron chi connectivity index (χ0n) is 20.3. The second kappa shape index (κ2) is 10.8. The molecule has 1 amide bonds. The van der Waals surface area contributed by atoms with Crippen molar-refractivity contribution in [1.29, 1.82) is 0 Å². The summed E-state index contributed by atoms with van der Waals surface area (Å²) in [6.07, 6.45) is 2.28. The number of hydrogen-bond acceptors (Lipinski definition) is 5. The monoisotopic (exact) mass is 478 g/mol. The van der Waals surface area contributed by atoms with Crippen molar-refractivity contribution < 1.29 is 23.8 Å². The Morgan fingerprint density at radius 2 is 1.89 bits per heavy atom. The van der Waals surface area contributed by atoms with Crippen LogP contribution in [0.4, 0.5) is 10.1 Å². The fourth-order valence-electron chi connectivity index (χ4n) is 4.00. The van der Waals surface area contributed by atoms with Gasteiger partial charge >= 0.3 is 0 Å². The number of hydrogen-bond donors (Lipinski definition) is 2. The Kier molecular flexibility index (Phi) is 7.56. The number of nitrogens with one attached hydrogen (secondary N) is 1. The number of ether oxygens (including phenoxy) is 2. The Morgan fingerprint density at radius 3 is 2.54 bits per heavy atom. The van der Waals surface area contributed by atoms with E-state index in [9.17, 15) is 14.3 Å². The summed E-state index contributed by atoms with van der Waals surface area (Å²) in [5.74, 6) is 0.395. The Bertz CT molecular complexity index is 1210. The maximum atomic E-state index is 14.1. The van der Waals surface area contributed by atoms with Crippen molar-refractivity contribution >= 4 is 11.6 Å². The van der Waals surface area contributed by atoms with Crippen molar-refractivity contribution in [2.75, 3.05) is 32.7 Å². The number of rotatable bonds is 10. The minimum atomic E-state index is -0.480. The third-order valence-corrected chi connectivity index (χ3v) is 6.13. The van der Waals surface area contributed by atoms with E-state index in [0.717, 1.165) is 35.2 Å². The Morgan fingerprint density at radius 1 is 1.11 bits per heavy atom. The van der Waals surface area contributed by atoms with Crippen molar-refractivity contribution in [3.63, 3.8) is 0 Å².